The van der Waals surface area contributed by atoms with E-state index in [9.17, 15) is 9.59 Å². The molecule has 36 heavy (non-hydrogen) atoms. The Kier molecular flexibility index (Phi) is 6.54. The maximum atomic E-state index is 13.5. The number of esters is 1. The summed E-state index contributed by atoms with van der Waals surface area (Å²) in [6.45, 7) is -0.415. The van der Waals surface area contributed by atoms with E-state index >= 15 is 0 Å². The Morgan fingerprint density at radius 2 is 1.89 bits per heavy atom. The molecule has 0 saturated carbocycles. The monoisotopic (exact) mass is 483 g/mol. The summed E-state index contributed by atoms with van der Waals surface area (Å²) in [4.78, 5) is 31.3. The molecule has 0 radical (unpaired) electrons. The van der Waals surface area contributed by atoms with Crippen molar-refractivity contribution in [3.8, 4) is 11.5 Å². The third-order valence-electron chi connectivity index (χ3n) is 6.28. The first-order chi connectivity index (χ1) is 17.6. The minimum Gasteiger partial charge on any atom is -0.497 e. The highest BCUT2D eigenvalue weighted by molar-refractivity contribution is 6.08. The van der Waals surface area contributed by atoms with Crippen LogP contribution < -0.4 is 9.47 Å². The lowest BCUT2D eigenvalue weighted by molar-refractivity contribution is 0.0474. The van der Waals surface area contributed by atoms with E-state index in [1.807, 2.05) is 42.5 Å². The lowest BCUT2D eigenvalue weighted by atomic mass is 9.86. The predicted octanol–water partition coefficient (Wildman–Crippen LogP) is 5.76. The molecule has 0 N–H and O–H groups in total. The average molecular weight is 484 g/mol. The van der Waals surface area contributed by atoms with E-state index in [0.717, 1.165) is 35.4 Å². The number of methoxy groups -OCH3 is 2. The van der Waals surface area contributed by atoms with Gasteiger partial charge in [-0.3, -0.25) is 4.79 Å². The molecule has 0 amide bonds. The molecule has 1 aliphatic rings. The lowest BCUT2D eigenvalue weighted by Crippen LogP contribution is -2.19. The van der Waals surface area contributed by atoms with Crippen molar-refractivity contribution in [2.75, 3.05) is 20.8 Å². The fourth-order valence-electron chi connectivity index (χ4n) is 4.56. The van der Waals surface area contributed by atoms with E-state index in [1.54, 1.807) is 24.5 Å². The van der Waals surface area contributed by atoms with Crippen LogP contribution in [0.4, 0.5) is 0 Å². The summed E-state index contributed by atoms with van der Waals surface area (Å²) in [5.74, 6) is 0.734. The van der Waals surface area contributed by atoms with Crippen LogP contribution in [0.15, 0.2) is 65.3 Å². The van der Waals surface area contributed by atoms with Crippen molar-refractivity contribution in [3.63, 3.8) is 0 Å². The number of rotatable bonds is 7. The maximum Gasteiger partial charge on any atom is 0.339 e. The number of hydrogen-bond donors (Lipinski definition) is 0. The molecule has 5 rings (SSSR count). The number of pyridine rings is 1. The van der Waals surface area contributed by atoms with Gasteiger partial charge in [0.15, 0.2) is 6.61 Å². The summed E-state index contributed by atoms with van der Waals surface area (Å²) >= 11 is 0. The van der Waals surface area contributed by atoms with Crippen LogP contribution in [-0.2, 0) is 11.2 Å². The summed E-state index contributed by atoms with van der Waals surface area (Å²) in [6, 6.07) is 16.1. The summed E-state index contributed by atoms with van der Waals surface area (Å²) in [5.41, 5.74) is 4.07. The van der Waals surface area contributed by atoms with Crippen LogP contribution in [0, 0.1) is 0 Å². The summed E-state index contributed by atoms with van der Waals surface area (Å²) < 4.78 is 21.6. The number of para-hydroxylation sites is 1. The second kappa shape index (κ2) is 10.1. The van der Waals surface area contributed by atoms with Crippen molar-refractivity contribution in [3.05, 3.63) is 89.0 Å². The van der Waals surface area contributed by atoms with Crippen LogP contribution in [0.25, 0.3) is 22.6 Å². The summed E-state index contributed by atoms with van der Waals surface area (Å²) in [5, 5.41) is 0.704. The fourth-order valence-corrected chi connectivity index (χ4v) is 4.56. The van der Waals surface area contributed by atoms with E-state index in [1.165, 1.54) is 14.2 Å². The van der Waals surface area contributed by atoms with Gasteiger partial charge in [0.25, 0.3) is 0 Å². The van der Waals surface area contributed by atoms with E-state index in [-0.39, 0.29) is 5.78 Å². The molecule has 0 saturated heterocycles. The molecule has 0 spiro atoms. The van der Waals surface area contributed by atoms with Gasteiger partial charge < -0.3 is 18.6 Å². The number of fused-ring (bicyclic) bond motifs is 2. The Labute approximate surface area is 208 Å². The Bertz CT molecular complexity index is 1470. The Hall–Kier alpha value is -4.39. The zero-order valence-electron chi connectivity index (χ0n) is 20.1. The van der Waals surface area contributed by atoms with Gasteiger partial charge in [-0.25, -0.2) is 9.78 Å². The van der Waals surface area contributed by atoms with Crippen molar-refractivity contribution < 1.29 is 28.2 Å². The van der Waals surface area contributed by atoms with Gasteiger partial charge >= 0.3 is 5.97 Å². The molecule has 4 aromatic rings. The molecule has 0 fully saturated rings. The molecule has 0 unspecified atom stereocenters. The highest BCUT2D eigenvalue weighted by Crippen LogP contribution is 2.36. The molecule has 2 heterocycles. The number of allylic oxidation sites excluding steroid dienone is 1. The number of hydrogen-bond acceptors (Lipinski definition) is 7. The highest BCUT2D eigenvalue weighted by Gasteiger charge is 2.27. The standard InChI is InChI=1S/C29H25NO6/c1-33-19-12-13-22(26(16-19)34-2)25(31)17-36-29(32)27-21-9-3-4-11-24(21)30-28-18(7-5-10-23(27)28)15-20-8-6-14-35-20/h3-4,6,8-9,11-16H,5,7,10,17H2,1-2H3/b18-15-. The maximum absolute atomic E-state index is 13.5. The fraction of sp³-hybridized carbons (Fsp3) is 0.207. The van der Waals surface area contributed by atoms with Gasteiger partial charge in [-0.2, -0.15) is 0 Å². The number of ether oxygens (including phenoxy) is 3. The minimum absolute atomic E-state index is 0.316. The van der Waals surface area contributed by atoms with Crippen molar-refractivity contribution in [1.82, 2.24) is 4.98 Å². The molecule has 0 bridgehead atoms. The number of carbonyl (C=O) groups excluding carboxylic acids is 2. The number of aromatic nitrogens is 1. The van der Waals surface area contributed by atoms with Crippen LogP contribution >= 0.6 is 0 Å². The molecule has 0 aliphatic heterocycles. The summed E-state index contributed by atoms with van der Waals surface area (Å²) in [7, 11) is 3.01. The normalized spacial score (nSPS) is 13.9. The summed E-state index contributed by atoms with van der Waals surface area (Å²) in [6.07, 6.45) is 5.97. The van der Waals surface area contributed by atoms with Crippen LogP contribution in [0.3, 0.4) is 0 Å². The number of Topliss-reactive ketones (excluding diaryl/α,β-unsaturated/α-hetero) is 1. The van der Waals surface area contributed by atoms with Crippen molar-refractivity contribution >= 4 is 34.3 Å². The largest absolute Gasteiger partial charge is 0.497 e. The van der Waals surface area contributed by atoms with Crippen LogP contribution in [0.1, 0.15) is 50.6 Å². The van der Waals surface area contributed by atoms with Crippen LogP contribution in [0.5, 0.6) is 11.5 Å². The molecule has 182 valence electrons. The topological polar surface area (TPSA) is 87.9 Å². The van der Waals surface area contributed by atoms with E-state index in [4.69, 9.17) is 23.6 Å². The van der Waals surface area contributed by atoms with Gasteiger partial charge in [0.2, 0.25) is 5.78 Å². The minimum atomic E-state index is -0.551. The van der Waals surface area contributed by atoms with Gasteiger partial charge in [-0.1, -0.05) is 18.2 Å². The number of ketones is 1. The first kappa shape index (κ1) is 23.4. The third kappa shape index (κ3) is 4.47. The Morgan fingerprint density at radius 1 is 1.03 bits per heavy atom. The van der Waals surface area contributed by atoms with Crippen LogP contribution in [0.2, 0.25) is 0 Å². The molecule has 1 aliphatic carbocycles. The predicted molar refractivity (Wildman–Crippen MR) is 135 cm³/mol. The quantitative estimate of drug-likeness (QED) is 0.244. The average Bonchev–Trinajstić information content (AvgIpc) is 3.43. The zero-order chi connectivity index (χ0) is 25.1. The van der Waals surface area contributed by atoms with E-state index in [0.29, 0.717) is 39.9 Å². The third-order valence-corrected chi connectivity index (χ3v) is 6.28. The number of benzene rings is 2. The number of nitrogens with zero attached hydrogens (tertiary/aromatic N) is 1. The van der Waals surface area contributed by atoms with Crippen LogP contribution in [-0.4, -0.2) is 37.6 Å². The van der Waals surface area contributed by atoms with E-state index < -0.39 is 12.6 Å². The molecule has 2 aromatic heterocycles. The first-order valence-corrected chi connectivity index (χ1v) is 11.7. The van der Waals surface area contributed by atoms with Gasteiger partial charge in [0.1, 0.15) is 17.3 Å². The van der Waals surface area contributed by atoms with Crippen molar-refractivity contribution in [2.45, 2.75) is 19.3 Å². The van der Waals surface area contributed by atoms with E-state index in [2.05, 4.69) is 0 Å². The van der Waals surface area contributed by atoms with Crippen molar-refractivity contribution in [2.24, 2.45) is 0 Å². The van der Waals surface area contributed by atoms with Crippen molar-refractivity contribution in [1.29, 1.82) is 0 Å². The molecule has 0 atom stereocenters. The Morgan fingerprint density at radius 3 is 2.67 bits per heavy atom. The van der Waals surface area contributed by atoms with Gasteiger partial charge in [0, 0.05) is 11.5 Å². The molecular formula is C29H25NO6. The lowest BCUT2D eigenvalue weighted by Gasteiger charge is -2.22. The SMILES string of the molecule is COc1ccc(C(=O)COC(=O)c2c3c(nc4ccccc24)/C(=C\c2ccco2)CCC3)c(OC)c1. The number of furan rings is 1. The van der Waals surface area contributed by atoms with Gasteiger partial charge in [-0.15, -0.1) is 0 Å². The highest BCUT2D eigenvalue weighted by atomic mass is 16.5. The van der Waals surface area contributed by atoms with Gasteiger partial charge in [-0.05, 0) is 66.8 Å². The van der Waals surface area contributed by atoms with Gasteiger partial charge in [0.05, 0.1) is 42.8 Å². The molecule has 7 nitrogen and oxygen atoms in total. The first-order valence-electron chi connectivity index (χ1n) is 11.7. The second-order valence-corrected chi connectivity index (χ2v) is 8.44. The second-order valence-electron chi connectivity index (χ2n) is 8.44. The molecule has 7 heteroatoms. The Balaban J connectivity index is 1.49. The zero-order valence-corrected chi connectivity index (χ0v) is 20.1. The smallest absolute Gasteiger partial charge is 0.339 e. The number of carbonyl (C=O) groups is 2. The molecular weight excluding hydrogens is 458 g/mol. The molecule has 2 aromatic carbocycles.